The first-order valence-electron chi connectivity index (χ1n) is 2.64. The van der Waals surface area contributed by atoms with E-state index in [-0.39, 0.29) is 0 Å². The van der Waals surface area contributed by atoms with E-state index < -0.39 is 0 Å². The van der Waals surface area contributed by atoms with Crippen molar-refractivity contribution >= 4 is 5.52 Å². The highest BCUT2D eigenvalue weighted by Gasteiger charge is 1.86. The lowest BCUT2D eigenvalue weighted by atomic mass is 10.5. The molecule has 0 unspecified atom stereocenters. The minimum Gasteiger partial charge on any atom is -0.222 e. The Kier molecular flexibility index (Phi) is 0.773. The second-order valence-electron chi connectivity index (χ2n) is 1.74. The molecule has 0 saturated heterocycles. The molecule has 0 atom stereocenters. The van der Waals surface area contributed by atoms with Gasteiger partial charge in [0.25, 0.3) is 0 Å². The molecule has 0 N–H and O–H groups in total. The number of hydrogen-bond acceptors (Lipinski definition) is 2. The molecule has 0 aliphatic rings. The summed E-state index contributed by atoms with van der Waals surface area (Å²) in [5.41, 5.74) is 1.02. The van der Waals surface area contributed by atoms with Crippen LogP contribution in [0.1, 0.15) is 0 Å². The molecule has 2 aromatic heterocycles. The van der Waals surface area contributed by atoms with Crippen molar-refractivity contribution in [3.05, 3.63) is 30.6 Å². The molecule has 0 spiro atoms. The summed E-state index contributed by atoms with van der Waals surface area (Å²) < 4.78 is 1.69. The lowest BCUT2D eigenvalue weighted by Gasteiger charge is -1.85. The van der Waals surface area contributed by atoms with Gasteiger partial charge < -0.3 is 0 Å². The smallest absolute Gasteiger partial charge is 0.117 e. The first-order chi connectivity index (χ1) is 4.47. The van der Waals surface area contributed by atoms with E-state index in [9.17, 15) is 0 Å². The normalized spacial score (nSPS) is 10.2. The van der Waals surface area contributed by atoms with E-state index in [0.29, 0.717) is 0 Å². The van der Waals surface area contributed by atoms with E-state index in [1.54, 1.807) is 10.6 Å². The maximum atomic E-state index is 3.75. The number of aromatic nitrogens is 3. The van der Waals surface area contributed by atoms with Gasteiger partial charge in [-0.1, -0.05) is 5.21 Å². The van der Waals surface area contributed by atoms with Crippen molar-refractivity contribution in [3.63, 3.8) is 0 Å². The molecule has 0 aromatic carbocycles. The molecule has 2 aromatic rings. The summed E-state index contributed by atoms with van der Waals surface area (Å²) in [6.07, 6.45) is 4.48. The summed E-state index contributed by atoms with van der Waals surface area (Å²) in [6, 6.07) is 5.65. The average molecular weight is 118 g/mol. The molecule has 3 heteroatoms. The molecule has 9 heavy (non-hydrogen) atoms. The van der Waals surface area contributed by atoms with Gasteiger partial charge in [0.1, 0.15) is 6.20 Å². The third-order valence-electron chi connectivity index (χ3n) is 1.17. The highest BCUT2D eigenvalue weighted by atomic mass is 15.4. The van der Waals surface area contributed by atoms with Crippen molar-refractivity contribution in [2.45, 2.75) is 0 Å². The predicted octanol–water partition coefficient (Wildman–Crippen LogP) is 0.529. The zero-order valence-electron chi connectivity index (χ0n) is 4.65. The summed E-state index contributed by atoms with van der Waals surface area (Å²) in [5.74, 6) is 0. The van der Waals surface area contributed by atoms with E-state index in [2.05, 4.69) is 16.5 Å². The SMILES string of the molecule is [c]1cc2cccn2nn1. The van der Waals surface area contributed by atoms with Crippen molar-refractivity contribution in [2.24, 2.45) is 0 Å². The minimum absolute atomic E-state index is 1.02. The zero-order chi connectivity index (χ0) is 6.10. The Balaban J connectivity index is 2.95. The van der Waals surface area contributed by atoms with E-state index in [0.717, 1.165) is 5.52 Å². The van der Waals surface area contributed by atoms with Crippen molar-refractivity contribution in [3.8, 4) is 0 Å². The summed E-state index contributed by atoms with van der Waals surface area (Å²) in [5, 5.41) is 7.33. The molecule has 0 aliphatic carbocycles. The molecular formula is C6H4N3. The summed E-state index contributed by atoms with van der Waals surface area (Å²) in [6.45, 7) is 0. The Labute approximate surface area is 51.9 Å². The third-order valence-corrected chi connectivity index (χ3v) is 1.17. The predicted molar refractivity (Wildman–Crippen MR) is 31.8 cm³/mol. The van der Waals surface area contributed by atoms with Crippen LogP contribution in [-0.2, 0) is 0 Å². The molecule has 2 heterocycles. The molecule has 2 rings (SSSR count). The third kappa shape index (κ3) is 0.579. The highest BCUT2D eigenvalue weighted by Crippen LogP contribution is 1.96. The van der Waals surface area contributed by atoms with Gasteiger partial charge in [0.05, 0.1) is 5.52 Å². The van der Waals surface area contributed by atoms with Gasteiger partial charge in [-0.25, -0.2) is 4.52 Å². The minimum atomic E-state index is 1.02. The number of hydrogen-bond donors (Lipinski definition) is 0. The van der Waals surface area contributed by atoms with Crippen LogP contribution >= 0.6 is 0 Å². The van der Waals surface area contributed by atoms with Gasteiger partial charge in [-0.05, 0) is 18.2 Å². The van der Waals surface area contributed by atoms with Gasteiger partial charge in [0.15, 0.2) is 0 Å². The summed E-state index contributed by atoms with van der Waals surface area (Å²) in [4.78, 5) is 0. The van der Waals surface area contributed by atoms with Crippen LogP contribution in [0.3, 0.4) is 0 Å². The fourth-order valence-electron chi connectivity index (χ4n) is 0.750. The van der Waals surface area contributed by atoms with E-state index in [1.807, 2.05) is 18.3 Å². The van der Waals surface area contributed by atoms with Crippen LogP contribution in [0.25, 0.3) is 5.52 Å². The summed E-state index contributed by atoms with van der Waals surface area (Å²) in [7, 11) is 0. The Morgan fingerprint density at radius 1 is 1.56 bits per heavy atom. The molecule has 0 aliphatic heterocycles. The van der Waals surface area contributed by atoms with E-state index >= 15 is 0 Å². The molecule has 3 nitrogen and oxygen atoms in total. The van der Waals surface area contributed by atoms with Gasteiger partial charge in [-0.3, -0.25) is 0 Å². The quantitative estimate of drug-likeness (QED) is 0.505. The fourth-order valence-corrected chi connectivity index (χ4v) is 0.750. The lowest BCUT2D eigenvalue weighted by molar-refractivity contribution is 0.806. The van der Waals surface area contributed by atoms with Gasteiger partial charge in [0, 0.05) is 6.20 Å². The van der Waals surface area contributed by atoms with Crippen molar-refractivity contribution < 1.29 is 0 Å². The maximum Gasteiger partial charge on any atom is 0.117 e. The Hall–Kier alpha value is -1.38. The van der Waals surface area contributed by atoms with E-state index in [1.165, 1.54) is 0 Å². The Bertz CT molecular complexity index is 282. The van der Waals surface area contributed by atoms with Crippen LogP contribution < -0.4 is 0 Å². The Morgan fingerprint density at radius 3 is 3.44 bits per heavy atom. The number of rotatable bonds is 0. The molecule has 43 valence electrons. The number of nitrogens with zero attached hydrogens (tertiary/aromatic N) is 3. The number of fused-ring (bicyclic) bond motifs is 1. The largest absolute Gasteiger partial charge is 0.222 e. The van der Waals surface area contributed by atoms with Crippen molar-refractivity contribution in [1.29, 1.82) is 0 Å². The lowest BCUT2D eigenvalue weighted by Crippen LogP contribution is -1.89. The van der Waals surface area contributed by atoms with Gasteiger partial charge in [-0.15, -0.1) is 5.10 Å². The van der Waals surface area contributed by atoms with E-state index in [4.69, 9.17) is 0 Å². The standard InChI is InChI=1S/C6H4N3/c1-2-6-3-4-7-8-9(6)5-1/h1-3,5H. The topological polar surface area (TPSA) is 30.2 Å². The summed E-state index contributed by atoms with van der Waals surface area (Å²) >= 11 is 0. The molecule has 0 fully saturated rings. The molecule has 1 radical (unpaired) electrons. The van der Waals surface area contributed by atoms with Crippen LogP contribution in [0.15, 0.2) is 24.4 Å². The van der Waals surface area contributed by atoms with Crippen LogP contribution in [0.2, 0.25) is 0 Å². The van der Waals surface area contributed by atoms with Crippen LogP contribution in [-0.4, -0.2) is 14.8 Å². The maximum absolute atomic E-state index is 3.75. The van der Waals surface area contributed by atoms with Gasteiger partial charge >= 0.3 is 0 Å². The second-order valence-corrected chi connectivity index (χ2v) is 1.74. The highest BCUT2D eigenvalue weighted by molar-refractivity contribution is 5.43. The zero-order valence-corrected chi connectivity index (χ0v) is 4.65. The molecule has 0 bridgehead atoms. The second kappa shape index (κ2) is 1.55. The Morgan fingerprint density at radius 2 is 2.56 bits per heavy atom. The average Bonchev–Trinajstić information content (AvgIpc) is 2.33. The first kappa shape index (κ1) is 4.49. The fraction of sp³-hybridized carbons (Fsp3) is 0. The molecule has 0 amide bonds. The van der Waals surface area contributed by atoms with Crippen molar-refractivity contribution in [2.75, 3.05) is 0 Å². The van der Waals surface area contributed by atoms with Crippen molar-refractivity contribution in [1.82, 2.24) is 14.8 Å². The van der Waals surface area contributed by atoms with Crippen LogP contribution in [0, 0.1) is 6.20 Å². The molecule has 0 saturated carbocycles. The van der Waals surface area contributed by atoms with Gasteiger partial charge in [0.2, 0.25) is 0 Å². The van der Waals surface area contributed by atoms with Crippen LogP contribution in [0.5, 0.6) is 0 Å². The van der Waals surface area contributed by atoms with Gasteiger partial charge in [-0.2, -0.15) is 0 Å². The van der Waals surface area contributed by atoms with Crippen LogP contribution in [0.4, 0.5) is 0 Å². The first-order valence-corrected chi connectivity index (χ1v) is 2.64. The molecular weight excluding hydrogens is 114 g/mol. The monoisotopic (exact) mass is 118 g/mol.